The van der Waals surface area contributed by atoms with E-state index in [1.54, 1.807) is 31.6 Å². The van der Waals surface area contributed by atoms with Crippen molar-refractivity contribution >= 4 is 5.69 Å². The molecule has 2 aliphatic heterocycles. The number of likely N-dealkylation sites (tertiary alicyclic amines) is 1. The van der Waals surface area contributed by atoms with E-state index in [9.17, 15) is 10.0 Å². The van der Waals surface area contributed by atoms with Gasteiger partial charge in [0, 0.05) is 42.2 Å². The molecule has 7 heteroatoms. The van der Waals surface area contributed by atoms with E-state index in [2.05, 4.69) is 39.2 Å². The van der Waals surface area contributed by atoms with Gasteiger partial charge in [0.1, 0.15) is 0 Å². The fourth-order valence-electron chi connectivity index (χ4n) is 4.72. The normalized spacial score (nSPS) is 25.9. The van der Waals surface area contributed by atoms with Gasteiger partial charge in [0.2, 0.25) is 0 Å². The van der Waals surface area contributed by atoms with Gasteiger partial charge >= 0.3 is 0 Å². The second-order valence-electron chi connectivity index (χ2n) is 8.20. The average Bonchev–Trinajstić information content (AvgIpc) is 3.24. The number of likely N-dealkylation sites (N-methyl/N-ethyl adjacent to an activating group) is 1. The molecule has 4 heterocycles. The molecule has 2 aromatic heterocycles. The number of rotatable bonds is 3. The van der Waals surface area contributed by atoms with Crippen LogP contribution in [0.3, 0.4) is 0 Å². The Labute approximate surface area is 169 Å². The number of hydrogen-bond acceptors (Lipinski definition) is 5. The number of benzene rings is 1. The highest BCUT2D eigenvalue weighted by Gasteiger charge is 2.45. The minimum atomic E-state index is -0.208. The summed E-state index contributed by atoms with van der Waals surface area (Å²) >= 11 is 0. The zero-order valence-electron chi connectivity index (χ0n) is 16.3. The molecule has 1 aromatic carbocycles. The molecule has 29 heavy (non-hydrogen) atoms. The summed E-state index contributed by atoms with van der Waals surface area (Å²) in [5.74, 6) is 1.00. The summed E-state index contributed by atoms with van der Waals surface area (Å²) in [5, 5.41) is 16.4. The van der Waals surface area contributed by atoms with Crippen LogP contribution in [-0.2, 0) is 0 Å². The van der Waals surface area contributed by atoms with Gasteiger partial charge < -0.3 is 14.8 Å². The number of quaternary nitrogens is 1. The molecule has 5 rings (SSSR count). The van der Waals surface area contributed by atoms with Crippen LogP contribution in [0.15, 0.2) is 65.7 Å². The van der Waals surface area contributed by atoms with Gasteiger partial charge in [0.25, 0.3) is 5.56 Å². The molecule has 0 N–H and O–H groups in total. The van der Waals surface area contributed by atoms with Gasteiger partial charge in [0.15, 0.2) is 5.82 Å². The van der Waals surface area contributed by atoms with E-state index in [4.69, 9.17) is 0 Å². The predicted molar refractivity (Wildman–Crippen MR) is 112 cm³/mol. The largest absolute Gasteiger partial charge is 0.633 e. The molecule has 2 aliphatic rings. The maximum atomic E-state index is 12.4. The van der Waals surface area contributed by atoms with Crippen molar-refractivity contribution in [2.24, 2.45) is 5.92 Å². The zero-order valence-corrected chi connectivity index (χ0v) is 16.3. The predicted octanol–water partition coefficient (Wildman–Crippen LogP) is 2.45. The summed E-state index contributed by atoms with van der Waals surface area (Å²) in [5.41, 5.74) is 3.01. The number of hydroxylamine groups is 3. The molecule has 0 unspecified atom stereocenters. The van der Waals surface area contributed by atoms with Crippen LogP contribution in [0.2, 0.25) is 0 Å². The average molecular weight is 389 g/mol. The Bertz CT molecular complexity index is 1080. The lowest BCUT2D eigenvalue weighted by Gasteiger charge is -2.36. The third kappa shape index (κ3) is 3.32. The first-order chi connectivity index (χ1) is 14.0. The molecular formula is C22H23N5O2. The molecule has 0 aliphatic carbocycles. The molecule has 2 saturated heterocycles. The van der Waals surface area contributed by atoms with Crippen molar-refractivity contribution in [3.63, 3.8) is 0 Å². The molecule has 0 amide bonds. The summed E-state index contributed by atoms with van der Waals surface area (Å²) in [7, 11) is 1.79. The molecule has 2 fully saturated rings. The highest BCUT2D eigenvalue weighted by molar-refractivity contribution is 5.66. The van der Waals surface area contributed by atoms with Crippen molar-refractivity contribution in [3.05, 3.63) is 76.5 Å². The highest BCUT2D eigenvalue weighted by Crippen LogP contribution is 2.37. The topological polar surface area (TPSA) is 74.1 Å². The Morgan fingerprint density at radius 3 is 2.59 bits per heavy atom. The smallest absolute Gasteiger partial charge is 0.272 e. The van der Waals surface area contributed by atoms with Gasteiger partial charge in [-0.1, -0.05) is 12.1 Å². The van der Waals surface area contributed by atoms with Crippen molar-refractivity contribution in [2.75, 3.05) is 31.6 Å². The van der Waals surface area contributed by atoms with Gasteiger partial charge in [-0.25, -0.2) is 4.98 Å². The summed E-state index contributed by atoms with van der Waals surface area (Å²) in [6, 6.07) is 15.6. The van der Waals surface area contributed by atoms with E-state index in [0.29, 0.717) is 24.3 Å². The second kappa shape index (κ2) is 6.79. The number of aromatic nitrogens is 3. The third-order valence-corrected chi connectivity index (χ3v) is 6.09. The van der Waals surface area contributed by atoms with Crippen LogP contribution >= 0.6 is 0 Å². The van der Waals surface area contributed by atoms with Crippen molar-refractivity contribution in [2.45, 2.75) is 12.5 Å². The van der Waals surface area contributed by atoms with Crippen LogP contribution in [0.5, 0.6) is 0 Å². The lowest BCUT2D eigenvalue weighted by molar-refractivity contribution is -0.849. The van der Waals surface area contributed by atoms with Gasteiger partial charge in [-0.05, 0) is 42.3 Å². The zero-order chi connectivity index (χ0) is 20.0. The van der Waals surface area contributed by atoms with Gasteiger partial charge in [0.05, 0.1) is 26.2 Å². The summed E-state index contributed by atoms with van der Waals surface area (Å²) < 4.78 is 1.15. The number of anilines is 1. The van der Waals surface area contributed by atoms with Crippen LogP contribution in [0.1, 0.15) is 6.42 Å². The van der Waals surface area contributed by atoms with Crippen LogP contribution in [0, 0.1) is 11.1 Å². The van der Waals surface area contributed by atoms with Crippen molar-refractivity contribution in [3.8, 4) is 16.9 Å². The monoisotopic (exact) mass is 389 g/mol. The third-order valence-electron chi connectivity index (χ3n) is 6.09. The van der Waals surface area contributed by atoms with E-state index in [-0.39, 0.29) is 10.2 Å². The van der Waals surface area contributed by atoms with Gasteiger partial charge in [-0.2, -0.15) is 9.78 Å². The molecule has 7 nitrogen and oxygen atoms in total. The summed E-state index contributed by atoms with van der Waals surface area (Å²) in [4.78, 5) is 18.7. The fraction of sp³-hybridized carbons (Fsp3) is 0.318. The van der Waals surface area contributed by atoms with Crippen LogP contribution in [-0.4, -0.2) is 52.1 Å². The Balaban J connectivity index is 1.36. The van der Waals surface area contributed by atoms with E-state index in [0.717, 1.165) is 30.6 Å². The van der Waals surface area contributed by atoms with E-state index in [1.165, 1.54) is 16.4 Å². The molecule has 0 radical (unpaired) electrons. The van der Waals surface area contributed by atoms with E-state index >= 15 is 0 Å². The van der Waals surface area contributed by atoms with E-state index < -0.39 is 0 Å². The molecule has 0 bridgehead atoms. The molecule has 3 aromatic rings. The Hall–Kier alpha value is -3.03. The minimum absolute atomic E-state index is 0.124. The number of nitrogens with zero attached hydrogens (tertiary/aromatic N) is 5. The Kier molecular flexibility index (Phi) is 4.22. The van der Waals surface area contributed by atoms with Crippen molar-refractivity contribution in [1.29, 1.82) is 0 Å². The molecule has 148 valence electrons. The molecular weight excluding hydrogens is 366 g/mol. The van der Waals surface area contributed by atoms with E-state index in [1.807, 2.05) is 6.07 Å². The van der Waals surface area contributed by atoms with Crippen molar-refractivity contribution in [1.82, 2.24) is 14.8 Å². The molecule has 0 saturated carbocycles. The lowest BCUT2D eigenvalue weighted by atomic mass is 10.0. The quantitative estimate of drug-likeness (QED) is 0.508. The van der Waals surface area contributed by atoms with Crippen molar-refractivity contribution < 1.29 is 4.65 Å². The molecule has 3 atom stereocenters. The first kappa shape index (κ1) is 18.0. The maximum Gasteiger partial charge on any atom is 0.272 e. The second-order valence-corrected chi connectivity index (χ2v) is 8.20. The first-order valence-electron chi connectivity index (χ1n) is 9.94. The lowest BCUT2D eigenvalue weighted by Crippen LogP contribution is -2.40. The first-order valence-corrected chi connectivity index (χ1v) is 9.94. The van der Waals surface area contributed by atoms with Crippen LogP contribution in [0.4, 0.5) is 5.69 Å². The fourth-order valence-corrected chi connectivity index (χ4v) is 4.72. The summed E-state index contributed by atoms with van der Waals surface area (Å²) in [6.07, 6.45) is 4.42. The number of fused-ring (bicyclic) bond motifs is 1. The summed E-state index contributed by atoms with van der Waals surface area (Å²) in [6.45, 7) is 2.42. The SMILES string of the molecule is C[N@+]1([O-])C[C@H]2CCN(c3ccc(-c4ccc(-n5ncccc5=O)nc4)cc3)[C@H]2C1. The maximum absolute atomic E-state index is 12.4. The highest BCUT2D eigenvalue weighted by atomic mass is 16.5. The van der Waals surface area contributed by atoms with Crippen LogP contribution in [0.25, 0.3) is 16.9 Å². The van der Waals surface area contributed by atoms with Crippen LogP contribution < -0.4 is 10.5 Å². The van der Waals surface area contributed by atoms with Gasteiger partial charge in [-0.15, -0.1) is 0 Å². The number of pyridine rings is 1. The Morgan fingerprint density at radius 1 is 1.07 bits per heavy atom. The molecule has 0 spiro atoms. The minimum Gasteiger partial charge on any atom is -0.633 e. The Morgan fingerprint density at radius 2 is 1.86 bits per heavy atom. The number of hydrogen-bond donors (Lipinski definition) is 0. The van der Waals surface area contributed by atoms with Gasteiger partial charge in [-0.3, -0.25) is 4.79 Å². The standard InChI is InChI=1S/C22H23N5O2/c1-27(29)14-18-10-12-25(20(18)15-27)19-7-4-16(5-8-19)17-6-9-21(23-13-17)26-22(28)3-2-11-24-26/h2-9,11,13,18,20H,10,12,14-15H2,1H3/t18-,20+,27+/m1/s1.